The van der Waals surface area contributed by atoms with E-state index in [0.717, 1.165) is 11.4 Å². The molecule has 2 aromatic carbocycles. The molecule has 0 aliphatic heterocycles. The van der Waals surface area contributed by atoms with E-state index in [1.807, 2.05) is 6.92 Å². The fourth-order valence-electron chi connectivity index (χ4n) is 3.02. The van der Waals surface area contributed by atoms with Crippen molar-refractivity contribution in [2.45, 2.75) is 19.3 Å². The molecule has 0 fully saturated rings. The minimum atomic E-state index is -0.372. The molecule has 136 valence electrons. The molecule has 0 radical (unpaired) electrons. The number of hydrogen-bond acceptors (Lipinski definition) is 5. The lowest BCUT2D eigenvalue weighted by molar-refractivity contribution is -0.119. The van der Waals surface area contributed by atoms with E-state index in [9.17, 15) is 14.3 Å². The summed E-state index contributed by atoms with van der Waals surface area (Å²) in [6.07, 6.45) is 0.454. The summed E-state index contributed by atoms with van der Waals surface area (Å²) in [5.41, 5.74) is 4.51. The number of ether oxygens (including phenoxy) is 1. The van der Waals surface area contributed by atoms with Gasteiger partial charge in [-0.3, -0.25) is 4.79 Å². The highest BCUT2D eigenvalue weighted by molar-refractivity contribution is 6.07. The summed E-state index contributed by atoms with van der Waals surface area (Å²) in [5, 5.41) is 17.1. The predicted molar refractivity (Wildman–Crippen MR) is 97.3 cm³/mol. The lowest BCUT2D eigenvalue weighted by atomic mass is 10.0. The zero-order valence-corrected chi connectivity index (χ0v) is 14.5. The molecule has 6 nitrogen and oxygen atoms in total. The molecule has 1 amide bonds. The molecule has 3 rings (SSSR count). The first-order chi connectivity index (χ1) is 12.5. The number of amides is 1. The summed E-state index contributed by atoms with van der Waals surface area (Å²) >= 11 is 0. The van der Waals surface area contributed by atoms with Crippen molar-refractivity contribution in [2.24, 2.45) is 5.10 Å². The van der Waals surface area contributed by atoms with Gasteiger partial charge in [0.15, 0.2) is 0 Å². The van der Waals surface area contributed by atoms with Crippen molar-refractivity contribution in [3.8, 4) is 11.5 Å². The molecular weight excluding hydrogens is 337 g/mol. The fourth-order valence-corrected chi connectivity index (χ4v) is 3.02. The Morgan fingerprint density at radius 3 is 2.73 bits per heavy atom. The smallest absolute Gasteiger partial charge is 0.259 e. The topological polar surface area (TPSA) is 83.0 Å². The average molecular weight is 357 g/mol. The Morgan fingerprint density at radius 1 is 1.31 bits per heavy atom. The van der Waals surface area contributed by atoms with Crippen LogP contribution in [-0.4, -0.2) is 30.4 Å². The van der Waals surface area contributed by atoms with Crippen molar-refractivity contribution in [2.75, 3.05) is 19.0 Å². The number of phenols is 1. The second-order valence-electron chi connectivity index (χ2n) is 6.14. The Hall–Kier alpha value is -3.09. The van der Waals surface area contributed by atoms with Gasteiger partial charge < -0.3 is 15.2 Å². The van der Waals surface area contributed by atoms with Crippen LogP contribution in [0.3, 0.4) is 0 Å². The summed E-state index contributed by atoms with van der Waals surface area (Å²) in [5.74, 6) is -0.124. The van der Waals surface area contributed by atoms with Crippen molar-refractivity contribution in [1.29, 1.82) is 0 Å². The number of methoxy groups -OCH3 is 1. The Bertz CT molecular complexity index is 850. The quantitative estimate of drug-likeness (QED) is 0.719. The highest BCUT2D eigenvalue weighted by Gasteiger charge is 2.30. The fraction of sp³-hybridized carbons (Fsp3) is 0.263. The molecule has 3 N–H and O–H groups in total. The molecular formula is C19H20FN3O3. The van der Waals surface area contributed by atoms with E-state index in [1.54, 1.807) is 31.4 Å². The molecule has 0 spiro atoms. The Morgan fingerprint density at radius 2 is 2.04 bits per heavy atom. The van der Waals surface area contributed by atoms with Gasteiger partial charge in [0.2, 0.25) is 0 Å². The van der Waals surface area contributed by atoms with Crippen molar-refractivity contribution < 1.29 is 19.0 Å². The monoisotopic (exact) mass is 357 g/mol. The van der Waals surface area contributed by atoms with E-state index in [2.05, 4.69) is 15.8 Å². The maximum Gasteiger partial charge on any atom is 0.259 e. The van der Waals surface area contributed by atoms with Crippen LogP contribution in [0.2, 0.25) is 0 Å². The molecule has 2 aromatic rings. The van der Waals surface area contributed by atoms with Gasteiger partial charge in [-0.15, -0.1) is 0 Å². The molecule has 0 saturated carbocycles. The van der Waals surface area contributed by atoms with E-state index in [1.165, 1.54) is 12.1 Å². The van der Waals surface area contributed by atoms with Crippen molar-refractivity contribution in [3.63, 3.8) is 0 Å². The first kappa shape index (κ1) is 17.7. The number of anilines is 1. The van der Waals surface area contributed by atoms with Crippen molar-refractivity contribution >= 4 is 17.3 Å². The SMILES string of the molecule is COc1ccc(NCC(=O)N/N=C2\C[C@H](C)c3c(F)ccc(O)c32)cc1. The van der Waals surface area contributed by atoms with Gasteiger partial charge in [0.25, 0.3) is 5.91 Å². The molecule has 1 atom stereocenters. The van der Waals surface area contributed by atoms with Crippen LogP contribution in [0.25, 0.3) is 0 Å². The van der Waals surface area contributed by atoms with Crippen molar-refractivity contribution in [3.05, 3.63) is 53.3 Å². The van der Waals surface area contributed by atoms with Gasteiger partial charge in [-0.1, -0.05) is 6.92 Å². The Labute approximate surface area is 150 Å². The molecule has 0 unspecified atom stereocenters. The van der Waals surface area contributed by atoms with Crippen LogP contribution in [0.4, 0.5) is 10.1 Å². The summed E-state index contributed by atoms with van der Waals surface area (Å²) in [7, 11) is 1.58. The molecule has 1 aliphatic carbocycles. The molecule has 1 aliphatic rings. The Balaban J connectivity index is 1.63. The largest absolute Gasteiger partial charge is 0.507 e. The molecule has 26 heavy (non-hydrogen) atoms. The van der Waals surface area contributed by atoms with Crippen LogP contribution in [0.15, 0.2) is 41.5 Å². The molecule has 0 bridgehead atoms. The lowest BCUT2D eigenvalue weighted by Crippen LogP contribution is -2.26. The number of rotatable bonds is 5. The normalized spacial score (nSPS) is 17.0. The van der Waals surface area contributed by atoms with Gasteiger partial charge in [0.05, 0.1) is 19.4 Å². The van der Waals surface area contributed by atoms with Gasteiger partial charge in [0, 0.05) is 16.8 Å². The number of fused-ring (bicyclic) bond motifs is 1. The zero-order valence-electron chi connectivity index (χ0n) is 14.5. The molecule has 0 aromatic heterocycles. The highest BCUT2D eigenvalue weighted by atomic mass is 19.1. The number of hydrogen-bond donors (Lipinski definition) is 3. The second-order valence-corrected chi connectivity index (χ2v) is 6.14. The molecule has 0 heterocycles. The summed E-state index contributed by atoms with van der Waals surface area (Å²) in [4.78, 5) is 12.0. The highest BCUT2D eigenvalue weighted by Crippen LogP contribution is 2.39. The minimum absolute atomic E-state index is 0.0284. The van der Waals surface area contributed by atoms with Gasteiger partial charge in [-0.2, -0.15) is 5.10 Å². The number of nitrogens with zero attached hydrogens (tertiary/aromatic N) is 1. The van der Waals surface area contributed by atoms with Crippen LogP contribution >= 0.6 is 0 Å². The maximum absolute atomic E-state index is 14.0. The van der Waals surface area contributed by atoms with E-state index in [-0.39, 0.29) is 29.9 Å². The number of carbonyl (C=O) groups is 1. The Kier molecular flexibility index (Phi) is 5.06. The number of halogens is 1. The van der Waals surface area contributed by atoms with Crippen LogP contribution in [0.5, 0.6) is 11.5 Å². The van der Waals surface area contributed by atoms with Gasteiger partial charge in [-0.25, -0.2) is 9.82 Å². The van der Waals surface area contributed by atoms with Crippen LogP contribution < -0.4 is 15.5 Å². The second kappa shape index (κ2) is 7.43. The summed E-state index contributed by atoms with van der Waals surface area (Å²) < 4.78 is 19.1. The predicted octanol–water partition coefficient (Wildman–Crippen LogP) is 2.98. The number of nitrogens with one attached hydrogen (secondary N) is 2. The van der Waals surface area contributed by atoms with Gasteiger partial charge in [-0.05, 0) is 48.7 Å². The number of hydrazone groups is 1. The van der Waals surface area contributed by atoms with Crippen LogP contribution in [0, 0.1) is 5.82 Å². The number of phenolic OH excluding ortho intramolecular Hbond substituents is 1. The summed E-state index contributed by atoms with van der Waals surface area (Å²) in [6, 6.07) is 9.71. The van der Waals surface area contributed by atoms with Crippen molar-refractivity contribution in [1.82, 2.24) is 5.43 Å². The van der Waals surface area contributed by atoms with Crippen LogP contribution in [-0.2, 0) is 4.79 Å². The number of aromatic hydroxyl groups is 1. The third-order valence-electron chi connectivity index (χ3n) is 4.31. The average Bonchev–Trinajstić information content (AvgIpc) is 2.99. The third-order valence-corrected chi connectivity index (χ3v) is 4.31. The van der Waals surface area contributed by atoms with E-state index >= 15 is 0 Å². The van der Waals surface area contributed by atoms with Gasteiger partial charge in [0.1, 0.15) is 17.3 Å². The lowest BCUT2D eigenvalue weighted by Gasteiger charge is -2.07. The third kappa shape index (κ3) is 3.61. The van der Waals surface area contributed by atoms with E-state index < -0.39 is 0 Å². The van der Waals surface area contributed by atoms with Crippen LogP contribution in [0.1, 0.15) is 30.4 Å². The summed E-state index contributed by atoms with van der Waals surface area (Å²) in [6.45, 7) is 1.89. The zero-order chi connectivity index (χ0) is 18.7. The standard InChI is InChI=1S/C19H20FN3O3/c1-11-9-15(19-16(24)8-7-14(20)18(11)19)22-23-17(25)10-21-12-3-5-13(26-2)6-4-12/h3-8,11,21,24H,9-10H2,1-2H3,(H,23,25)/b22-15+/t11-/m0/s1. The first-order valence-corrected chi connectivity index (χ1v) is 8.24. The first-order valence-electron chi connectivity index (χ1n) is 8.24. The van der Waals surface area contributed by atoms with E-state index in [0.29, 0.717) is 23.3 Å². The van der Waals surface area contributed by atoms with Gasteiger partial charge >= 0.3 is 0 Å². The molecule has 0 saturated heterocycles. The number of benzene rings is 2. The minimum Gasteiger partial charge on any atom is -0.507 e. The molecule has 7 heteroatoms. The maximum atomic E-state index is 14.0. The number of carbonyl (C=O) groups excluding carboxylic acids is 1. The van der Waals surface area contributed by atoms with E-state index in [4.69, 9.17) is 4.74 Å².